The van der Waals surface area contributed by atoms with Crippen LogP contribution in [0.15, 0.2) is 18.2 Å². The summed E-state index contributed by atoms with van der Waals surface area (Å²) in [5.74, 6) is 1.41. The van der Waals surface area contributed by atoms with Crippen molar-refractivity contribution in [1.29, 1.82) is 0 Å². The molecule has 1 aliphatic rings. The summed E-state index contributed by atoms with van der Waals surface area (Å²) in [6.07, 6.45) is 0.511. The number of benzene rings is 1. The summed E-state index contributed by atoms with van der Waals surface area (Å²) in [6, 6.07) is 5.58. The number of carbonyl (C=O) groups excluding carboxylic acids is 1. The number of hydrogen-bond acceptors (Lipinski definition) is 5. The van der Waals surface area contributed by atoms with Gasteiger partial charge in [0.25, 0.3) is 0 Å². The van der Waals surface area contributed by atoms with Gasteiger partial charge in [-0.3, -0.25) is 4.79 Å². The van der Waals surface area contributed by atoms with Gasteiger partial charge < -0.3 is 19.3 Å². The lowest BCUT2D eigenvalue weighted by Crippen LogP contribution is -2.50. The highest BCUT2D eigenvalue weighted by Gasteiger charge is 2.25. The minimum Gasteiger partial charge on any atom is -0.497 e. The predicted molar refractivity (Wildman–Crippen MR) is 82.4 cm³/mol. The van der Waals surface area contributed by atoms with Crippen LogP contribution >= 0.6 is 0 Å². The SMILES string of the molecule is COc1cc(OC)cc(C(=O)CC2CN(C)CCN2C)c1. The minimum absolute atomic E-state index is 0.124. The van der Waals surface area contributed by atoms with Crippen LogP contribution in [-0.2, 0) is 0 Å². The molecule has 1 aliphatic heterocycles. The second-order valence-corrected chi connectivity index (χ2v) is 5.63. The van der Waals surface area contributed by atoms with E-state index in [1.165, 1.54) is 0 Å². The Bertz CT molecular complexity index is 482. The molecule has 5 heteroatoms. The van der Waals surface area contributed by atoms with Crippen molar-refractivity contribution in [2.45, 2.75) is 12.5 Å². The minimum atomic E-state index is 0.124. The Morgan fingerprint density at radius 2 is 1.76 bits per heavy atom. The van der Waals surface area contributed by atoms with Crippen molar-refractivity contribution in [2.75, 3.05) is 47.9 Å². The van der Waals surface area contributed by atoms with Crippen LogP contribution < -0.4 is 9.47 Å². The van der Waals surface area contributed by atoms with Crippen LogP contribution in [0.5, 0.6) is 11.5 Å². The third kappa shape index (κ3) is 3.95. The maximum absolute atomic E-state index is 12.5. The van der Waals surface area contributed by atoms with Crippen LogP contribution in [-0.4, -0.2) is 69.6 Å². The fourth-order valence-electron chi connectivity index (χ4n) is 2.62. The first kappa shape index (κ1) is 15.8. The number of likely N-dealkylation sites (N-methyl/N-ethyl adjacent to an activating group) is 2. The molecule has 1 heterocycles. The van der Waals surface area contributed by atoms with Crippen LogP contribution in [0.3, 0.4) is 0 Å². The highest BCUT2D eigenvalue weighted by molar-refractivity contribution is 5.97. The van der Waals surface area contributed by atoms with Crippen LogP contribution in [0.2, 0.25) is 0 Å². The molecule has 0 saturated carbocycles. The zero-order valence-corrected chi connectivity index (χ0v) is 13.3. The second-order valence-electron chi connectivity index (χ2n) is 5.63. The van der Waals surface area contributed by atoms with Crippen molar-refractivity contribution < 1.29 is 14.3 Å². The number of carbonyl (C=O) groups is 1. The quantitative estimate of drug-likeness (QED) is 0.770. The Morgan fingerprint density at radius 1 is 1.14 bits per heavy atom. The lowest BCUT2D eigenvalue weighted by atomic mass is 10.0. The highest BCUT2D eigenvalue weighted by Crippen LogP contribution is 2.24. The molecular weight excluding hydrogens is 268 g/mol. The number of ether oxygens (including phenoxy) is 2. The summed E-state index contributed by atoms with van der Waals surface area (Å²) in [6.45, 7) is 2.97. The van der Waals surface area contributed by atoms with Gasteiger partial charge in [0.15, 0.2) is 5.78 Å². The smallest absolute Gasteiger partial charge is 0.164 e. The number of nitrogens with zero attached hydrogens (tertiary/aromatic N) is 2. The maximum atomic E-state index is 12.5. The third-order valence-corrected chi connectivity index (χ3v) is 4.07. The Morgan fingerprint density at radius 3 is 2.33 bits per heavy atom. The summed E-state index contributed by atoms with van der Waals surface area (Å²) >= 11 is 0. The lowest BCUT2D eigenvalue weighted by molar-refractivity contribution is 0.0809. The fraction of sp³-hybridized carbons (Fsp3) is 0.562. The number of rotatable bonds is 5. The molecule has 2 rings (SSSR count). The van der Waals surface area contributed by atoms with Gasteiger partial charge in [-0.25, -0.2) is 0 Å². The van der Waals surface area contributed by atoms with Crippen LogP contribution in [0.4, 0.5) is 0 Å². The monoisotopic (exact) mass is 292 g/mol. The maximum Gasteiger partial charge on any atom is 0.164 e. The third-order valence-electron chi connectivity index (χ3n) is 4.07. The molecule has 1 atom stereocenters. The molecule has 1 fully saturated rings. The molecule has 0 N–H and O–H groups in total. The summed E-state index contributed by atoms with van der Waals surface area (Å²) in [5, 5.41) is 0. The number of ketones is 1. The van der Waals surface area contributed by atoms with Crippen molar-refractivity contribution in [3.8, 4) is 11.5 Å². The number of piperazine rings is 1. The fourth-order valence-corrected chi connectivity index (χ4v) is 2.62. The summed E-state index contributed by atoms with van der Waals surface area (Å²) < 4.78 is 10.4. The van der Waals surface area contributed by atoms with E-state index in [9.17, 15) is 4.79 Å². The van der Waals surface area contributed by atoms with Crippen molar-refractivity contribution in [3.05, 3.63) is 23.8 Å². The van der Waals surface area contributed by atoms with Crippen molar-refractivity contribution in [1.82, 2.24) is 9.80 Å². The zero-order chi connectivity index (χ0) is 15.4. The average Bonchev–Trinajstić information content (AvgIpc) is 2.50. The average molecular weight is 292 g/mol. The second kappa shape index (κ2) is 6.91. The lowest BCUT2D eigenvalue weighted by Gasteiger charge is -2.37. The molecule has 0 amide bonds. The zero-order valence-electron chi connectivity index (χ0n) is 13.3. The van der Waals surface area contributed by atoms with E-state index in [0.29, 0.717) is 23.5 Å². The first-order chi connectivity index (χ1) is 10.0. The van der Waals surface area contributed by atoms with Gasteiger partial charge >= 0.3 is 0 Å². The van der Waals surface area contributed by atoms with E-state index >= 15 is 0 Å². The van der Waals surface area contributed by atoms with Crippen molar-refractivity contribution in [3.63, 3.8) is 0 Å². The van der Waals surface area contributed by atoms with Crippen LogP contribution in [0.25, 0.3) is 0 Å². The molecule has 0 aromatic heterocycles. The van der Waals surface area contributed by atoms with Gasteiger partial charge in [-0.15, -0.1) is 0 Å². The van der Waals surface area contributed by atoms with Crippen molar-refractivity contribution >= 4 is 5.78 Å². The summed E-state index contributed by atoms with van der Waals surface area (Å²) in [7, 11) is 7.36. The van der Waals surface area contributed by atoms with E-state index in [4.69, 9.17) is 9.47 Å². The van der Waals surface area contributed by atoms with E-state index in [2.05, 4.69) is 23.9 Å². The van der Waals surface area contributed by atoms with Crippen molar-refractivity contribution in [2.24, 2.45) is 0 Å². The molecule has 21 heavy (non-hydrogen) atoms. The van der Waals surface area contributed by atoms with Gasteiger partial charge in [-0.2, -0.15) is 0 Å². The van der Waals surface area contributed by atoms with E-state index in [-0.39, 0.29) is 11.8 Å². The van der Waals surface area contributed by atoms with Gasteiger partial charge in [0.05, 0.1) is 14.2 Å². The Labute approximate surface area is 126 Å². The van der Waals surface area contributed by atoms with E-state index < -0.39 is 0 Å². The number of Topliss-reactive ketones (excluding diaryl/α,β-unsaturated/α-hetero) is 1. The number of hydrogen-bond donors (Lipinski definition) is 0. The molecule has 1 unspecified atom stereocenters. The van der Waals surface area contributed by atoms with Crippen LogP contribution in [0, 0.1) is 0 Å². The molecular formula is C16H24N2O3. The van der Waals surface area contributed by atoms with E-state index in [1.807, 2.05) is 0 Å². The van der Waals surface area contributed by atoms with Gasteiger partial charge in [0, 0.05) is 43.7 Å². The highest BCUT2D eigenvalue weighted by atomic mass is 16.5. The first-order valence-corrected chi connectivity index (χ1v) is 7.18. The van der Waals surface area contributed by atoms with Crippen LogP contribution in [0.1, 0.15) is 16.8 Å². The summed E-state index contributed by atoms with van der Waals surface area (Å²) in [5.41, 5.74) is 0.646. The molecule has 1 saturated heterocycles. The largest absolute Gasteiger partial charge is 0.497 e. The van der Waals surface area contributed by atoms with E-state index in [0.717, 1.165) is 19.6 Å². The molecule has 0 spiro atoms. The normalized spacial score (nSPS) is 20.3. The Kier molecular flexibility index (Phi) is 5.20. The van der Waals surface area contributed by atoms with Gasteiger partial charge in [-0.05, 0) is 26.2 Å². The van der Waals surface area contributed by atoms with Gasteiger partial charge in [-0.1, -0.05) is 0 Å². The van der Waals surface area contributed by atoms with Gasteiger partial charge in [0.2, 0.25) is 0 Å². The Hall–Kier alpha value is -1.59. The molecule has 1 aromatic carbocycles. The molecule has 116 valence electrons. The van der Waals surface area contributed by atoms with E-state index in [1.54, 1.807) is 32.4 Å². The van der Waals surface area contributed by atoms with Gasteiger partial charge in [0.1, 0.15) is 11.5 Å². The molecule has 0 bridgehead atoms. The number of methoxy groups -OCH3 is 2. The molecule has 0 aliphatic carbocycles. The molecule has 5 nitrogen and oxygen atoms in total. The topological polar surface area (TPSA) is 42.0 Å². The standard InChI is InChI=1S/C16H24N2O3/c1-17-5-6-18(2)13(11-17)9-16(19)12-7-14(20-3)10-15(8-12)21-4/h7-8,10,13H,5-6,9,11H2,1-4H3. The predicted octanol–water partition coefficient (Wildman–Crippen LogP) is 1.52. The molecule has 0 radical (unpaired) electrons. The summed E-state index contributed by atoms with van der Waals surface area (Å²) in [4.78, 5) is 17.1. The molecule has 1 aromatic rings. The first-order valence-electron chi connectivity index (χ1n) is 7.18. The Balaban J connectivity index is 2.12.